The Morgan fingerprint density at radius 2 is 1.82 bits per heavy atom. The molecule has 34 heavy (non-hydrogen) atoms. The van der Waals surface area contributed by atoms with Crippen molar-refractivity contribution in [3.05, 3.63) is 63.9 Å². The predicted octanol–water partition coefficient (Wildman–Crippen LogP) is 6.06. The standard InChI is InChI=1S/C27H32N2O4S/c1-31-20-13-12-18(17-22(20)32-2)25(29-14-6-3-7-15-29)24-19-9-4-5-11-23(19)34-27(24)28-26(30)21-10-8-16-33-21/h8,10,12-13,16-17,25H,3-7,9,11,14-15H2,1-2H3,(H,28,30)/t25-/m1/s1. The minimum Gasteiger partial charge on any atom is -0.493 e. The fourth-order valence-electron chi connectivity index (χ4n) is 5.30. The molecule has 6 nitrogen and oxygen atoms in total. The second-order valence-corrected chi connectivity index (χ2v) is 10.1. The zero-order chi connectivity index (χ0) is 23.5. The van der Waals surface area contributed by atoms with E-state index in [0.29, 0.717) is 5.76 Å². The van der Waals surface area contributed by atoms with Crippen LogP contribution in [0, 0.1) is 0 Å². The molecule has 2 aliphatic rings. The van der Waals surface area contributed by atoms with E-state index in [1.165, 1.54) is 59.9 Å². The van der Waals surface area contributed by atoms with Gasteiger partial charge in [0.1, 0.15) is 5.00 Å². The number of nitrogens with zero attached hydrogens (tertiary/aromatic N) is 1. The van der Waals surface area contributed by atoms with Crippen molar-refractivity contribution in [2.75, 3.05) is 32.6 Å². The number of benzene rings is 1. The Hall–Kier alpha value is -2.77. The molecule has 1 amide bonds. The number of hydrogen-bond acceptors (Lipinski definition) is 6. The molecule has 1 saturated heterocycles. The zero-order valence-corrected chi connectivity index (χ0v) is 20.7. The van der Waals surface area contributed by atoms with Gasteiger partial charge < -0.3 is 19.2 Å². The Morgan fingerprint density at radius 3 is 2.56 bits per heavy atom. The number of methoxy groups -OCH3 is 2. The van der Waals surface area contributed by atoms with Crippen LogP contribution in [-0.4, -0.2) is 38.1 Å². The Morgan fingerprint density at radius 1 is 1.03 bits per heavy atom. The van der Waals surface area contributed by atoms with Crippen molar-refractivity contribution in [3.63, 3.8) is 0 Å². The summed E-state index contributed by atoms with van der Waals surface area (Å²) >= 11 is 1.74. The van der Waals surface area contributed by atoms with Crippen LogP contribution in [0.25, 0.3) is 0 Å². The molecule has 7 heteroatoms. The third-order valence-electron chi connectivity index (χ3n) is 6.94. The normalized spacial score (nSPS) is 17.1. The molecule has 3 heterocycles. The molecule has 1 aliphatic heterocycles. The van der Waals surface area contributed by atoms with Gasteiger partial charge in [0.05, 0.1) is 26.5 Å². The average molecular weight is 481 g/mol. The first-order valence-electron chi connectivity index (χ1n) is 12.1. The maximum absolute atomic E-state index is 13.0. The first-order chi connectivity index (χ1) is 16.7. The van der Waals surface area contributed by atoms with Gasteiger partial charge in [-0.25, -0.2) is 0 Å². The maximum Gasteiger partial charge on any atom is 0.291 e. The summed E-state index contributed by atoms with van der Waals surface area (Å²) in [5.41, 5.74) is 3.82. The van der Waals surface area contributed by atoms with Gasteiger partial charge in [-0.1, -0.05) is 12.5 Å². The second kappa shape index (κ2) is 10.2. The van der Waals surface area contributed by atoms with Crippen molar-refractivity contribution < 1.29 is 18.7 Å². The van der Waals surface area contributed by atoms with E-state index in [4.69, 9.17) is 13.9 Å². The van der Waals surface area contributed by atoms with Crippen LogP contribution in [0.3, 0.4) is 0 Å². The molecule has 3 aromatic rings. The number of piperidine rings is 1. The van der Waals surface area contributed by atoms with E-state index in [-0.39, 0.29) is 11.9 Å². The SMILES string of the molecule is COc1ccc([C@H](c2c(NC(=O)c3ccco3)sc3c2CCCC3)N2CCCCC2)cc1OC. The van der Waals surface area contributed by atoms with Crippen LogP contribution in [0.4, 0.5) is 5.00 Å². The third kappa shape index (κ3) is 4.46. The van der Waals surface area contributed by atoms with E-state index < -0.39 is 0 Å². The fraction of sp³-hybridized carbons (Fsp3) is 0.444. The fourth-order valence-corrected chi connectivity index (χ4v) is 6.62. The maximum atomic E-state index is 13.0. The quantitative estimate of drug-likeness (QED) is 0.445. The van der Waals surface area contributed by atoms with Crippen LogP contribution in [0.2, 0.25) is 0 Å². The Labute approximate surface area is 204 Å². The number of furan rings is 1. The first kappa shape index (κ1) is 23.0. The molecule has 0 unspecified atom stereocenters. The Kier molecular flexibility index (Phi) is 6.92. The van der Waals surface area contributed by atoms with E-state index in [0.717, 1.165) is 42.4 Å². The molecular formula is C27H32N2O4S. The van der Waals surface area contributed by atoms with E-state index in [1.807, 2.05) is 6.07 Å². The highest BCUT2D eigenvalue weighted by atomic mass is 32.1. The van der Waals surface area contributed by atoms with Gasteiger partial charge in [0.25, 0.3) is 5.91 Å². The van der Waals surface area contributed by atoms with Gasteiger partial charge in [0, 0.05) is 10.4 Å². The van der Waals surface area contributed by atoms with Crippen LogP contribution in [-0.2, 0) is 12.8 Å². The van der Waals surface area contributed by atoms with Gasteiger partial charge >= 0.3 is 0 Å². The van der Waals surface area contributed by atoms with Crippen molar-refractivity contribution >= 4 is 22.2 Å². The van der Waals surface area contributed by atoms with E-state index in [1.54, 1.807) is 37.7 Å². The molecule has 1 aliphatic carbocycles. The number of aryl methyl sites for hydroxylation is 1. The van der Waals surface area contributed by atoms with Gasteiger partial charge in [0.15, 0.2) is 17.3 Å². The van der Waals surface area contributed by atoms with Crippen molar-refractivity contribution in [1.29, 1.82) is 0 Å². The molecule has 5 rings (SSSR count). The number of thiophene rings is 1. The number of carbonyl (C=O) groups excluding carboxylic acids is 1. The number of fused-ring (bicyclic) bond motifs is 1. The van der Waals surface area contributed by atoms with Gasteiger partial charge in [-0.3, -0.25) is 9.69 Å². The van der Waals surface area contributed by atoms with E-state index in [2.05, 4.69) is 22.3 Å². The summed E-state index contributed by atoms with van der Waals surface area (Å²) in [6.45, 7) is 2.07. The number of anilines is 1. The third-order valence-corrected chi connectivity index (χ3v) is 8.16. The lowest BCUT2D eigenvalue weighted by Crippen LogP contribution is -2.35. The second-order valence-electron chi connectivity index (χ2n) is 9.00. The lowest BCUT2D eigenvalue weighted by atomic mass is 9.88. The highest BCUT2D eigenvalue weighted by molar-refractivity contribution is 7.16. The summed E-state index contributed by atoms with van der Waals surface area (Å²) in [7, 11) is 3.34. The van der Waals surface area contributed by atoms with Crippen LogP contribution in [0.15, 0.2) is 41.0 Å². The van der Waals surface area contributed by atoms with Gasteiger partial charge in [-0.15, -0.1) is 11.3 Å². The molecule has 0 saturated carbocycles. The van der Waals surface area contributed by atoms with Crippen molar-refractivity contribution in [2.45, 2.75) is 51.0 Å². The molecule has 0 radical (unpaired) electrons. The molecule has 180 valence electrons. The van der Waals surface area contributed by atoms with E-state index in [9.17, 15) is 4.79 Å². The van der Waals surface area contributed by atoms with Gasteiger partial charge in [0.2, 0.25) is 0 Å². The van der Waals surface area contributed by atoms with E-state index >= 15 is 0 Å². The number of nitrogens with one attached hydrogen (secondary N) is 1. The smallest absolute Gasteiger partial charge is 0.291 e. The monoisotopic (exact) mass is 480 g/mol. The minimum absolute atomic E-state index is 0.0464. The number of likely N-dealkylation sites (tertiary alicyclic amines) is 1. The Balaban J connectivity index is 1.63. The van der Waals surface area contributed by atoms with Gasteiger partial charge in [-0.2, -0.15) is 0 Å². The predicted molar refractivity (Wildman–Crippen MR) is 134 cm³/mol. The highest BCUT2D eigenvalue weighted by Crippen LogP contribution is 2.47. The number of hydrogen-bond donors (Lipinski definition) is 1. The summed E-state index contributed by atoms with van der Waals surface area (Å²) in [6, 6.07) is 9.74. The highest BCUT2D eigenvalue weighted by Gasteiger charge is 2.33. The topological polar surface area (TPSA) is 63.9 Å². The summed E-state index contributed by atoms with van der Waals surface area (Å²) in [4.78, 5) is 17.0. The summed E-state index contributed by atoms with van der Waals surface area (Å²) in [6.07, 6.45) is 9.67. The minimum atomic E-state index is -0.199. The molecule has 0 bridgehead atoms. The lowest BCUT2D eigenvalue weighted by Gasteiger charge is -2.36. The summed E-state index contributed by atoms with van der Waals surface area (Å²) < 4.78 is 16.6. The van der Waals surface area contributed by atoms with Crippen LogP contribution in [0.1, 0.15) is 70.3 Å². The van der Waals surface area contributed by atoms with Gasteiger partial charge in [-0.05, 0) is 87.0 Å². The molecule has 1 fully saturated rings. The van der Waals surface area contributed by atoms with Crippen LogP contribution < -0.4 is 14.8 Å². The molecule has 0 spiro atoms. The number of ether oxygens (including phenoxy) is 2. The number of carbonyl (C=O) groups is 1. The molecule has 2 aromatic heterocycles. The number of rotatable bonds is 7. The molecule has 1 atom stereocenters. The van der Waals surface area contributed by atoms with Crippen molar-refractivity contribution in [3.8, 4) is 11.5 Å². The largest absolute Gasteiger partial charge is 0.493 e. The van der Waals surface area contributed by atoms with Crippen LogP contribution in [0.5, 0.6) is 11.5 Å². The molecule has 1 N–H and O–H groups in total. The number of amides is 1. The summed E-state index contributed by atoms with van der Waals surface area (Å²) in [5.74, 6) is 1.59. The lowest BCUT2D eigenvalue weighted by molar-refractivity contribution is 0.0996. The first-order valence-corrected chi connectivity index (χ1v) is 13.0. The van der Waals surface area contributed by atoms with Crippen molar-refractivity contribution in [2.24, 2.45) is 0 Å². The molecular weight excluding hydrogens is 448 g/mol. The Bertz CT molecular complexity index is 1130. The average Bonchev–Trinajstić information content (AvgIpc) is 3.54. The molecule has 1 aromatic carbocycles. The van der Waals surface area contributed by atoms with Crippen molar-refractivity contribution in [1.82, 2.24) is 4.90 Å². The zero-order valence-electron chi connectivity index (χ0n) is 19.9. The summed E-state index contributed by atoms with van der Waals surface area (Å²) in [5, 5.41) is 4.16. The van der Waals surface area contributed by atoms with Crippen LogP contribution >= 0.6 is 11.3 Å².